The van der Waals surface area contributed by atoms with Gasteiger partial charge in [-0.15, -0.1) is 12.6 Å². The summed E-state index contributed by atoms with van der Waals surface area (Å²) < 4.78 is 23.2. The van der Waals surface area contributed by atoms with Crippen molar-refractivity contribution < 1.29 is 13.2 Å². The van der Waals surface area contributed by atoms with Gasteiger partial charge < -0.3 is 5.32 Å². The number of benzene rings is 1. The highest BCUT2D eigenvalue weighted by atomic mass is 79.9. The van der Waals surface area contributed by atoms with Crippen LogP contribution in [0.15, 0.2) is 27.6 Å². The Balaban J connectivity index is 2.64. The minimum atomic E-state index is -3.06. The van der Waals surface area contributed by atoms with E-state index in [1.165, 1.54) is 0 Å². The average Bonchev–Trinajstić information content (AvgIpc) is 2.32. The van der Waals surface area contributed by atoms with Crippen LogP contribution >= 0.6 is 28.6 Å². The van der Waals surface area contributed by atoms with Crippen LogP contribution in [-0.4, -0.2) is 32.4 Å². The van der Waals surface area contributed by atoms with Crippen molar-refractivity contribution in [2.24, 2.45) is 0 Å². The van der Waals surface area contributed by atoms with Crippen LogP contribution in [0.3, 0.4) is 0 Å². The summed E-state index contributed by atoms with van der Waals surface area (Å²) >= 11 is 7.41. The monoisotopic (exact) mass is 351 g/mol. The lowest BCUT2D eigenvalue weighted by Crippen LogP contribution is -2.29. The van der Waals surface area contributed by atoms with Crippen molar-refractivity contribution in [1.29, 1.82) is 0 Å². The summed E-state index contributed by atoms with van der Waals surface area (Å²) in [6, 6.07) is 5.10. The maximum atomic E-state index is 11.8. The standard InChI is InChI=1S/C11H14BrNO3S2/c1-2-18(15,16)6-5-13-11(14)9-7-8(17)3-4-10(9)12/h3-4,7,17H,2,5-6H2,1H3,(H,13,14). The molecule has 1 N–H and O–H groups in total. The Morgan fingerprint density at radius 1 is 1.44 bits per heavy atom. The highest BCUT2D eigenvalue weighted by Crippen LogP contribution is 2.19. The molecule has 0 bridgehead atoms. The van der Waals surface area contributed by atoms with Crippen LogP contribution in [0.1, 0.15) is 17.3 Å². The fourth-order valence-electron chi connectivity index (χ4n) is 1.25. The predicted molar refractivity (Wildman–Crippen MR) is 78.1 cm³/mol. The summed E-state index contributed by atoms with van der Waals surface area (Å²) in [6.45, 7) is 1.69. The van der Waals surface area contributed by atoms with E-state index in [4.69, 9.17) is 0 Å². The SMILES string of the molecule is CCS(=O)(=O)CCNC(=O)c1cc(S)ccc1Br. The molecule has 1 rings (SSSR count). The third-order valence-corrected chi connectivity index (χ3v) is 5.01. The first-order valence-electron chi connectivity index (χ1n) is 5.33. The van der Waals surface area contributed by atoms with E-state index >= 15 is 0 Å². The van der Waals surface area contributed by atoms with Crippen LogP contribution in [0.5, 0.6) is 0 Å². The molecule has 4 nitrogen and oxygen atoms in total. The second kappa shape index (κ2) is 6.58. The lowest BCUT2D eigenvalue weighted by Gasteiger charge is -2.07. The molecule has 0 atom stereocenters. The number of thiol groups is 1. The summed E-state index contributed by atoms with van der Waals surface area (Å²) in [6.07, 6.45) is 0. The number of hydrogen-bond donors (Lipinski definition) is 2. The number of hydrogen-bond acceptors (Lipinski definition) is 4. The molecular weight excluding hydrogens is 338 g/mol. The van der Waals surface area contributed by atoms with Crippen molar-refractivity contribution in [1.82, 2.24) is 5.32 Å². The molecule has 100 valence electrons. The summed E-state index contributed by atoms with van der Waals surface area (Å²) in [4.78, 5) is 12.5. The first kappa shape index (κ1) is 15.5. The van der Waals surface area contributed by atoms with Gasteiger partial charge in [-0.25, -0.2) is 8.42 Å². The van der Waals surface area contributed by atoms with Crippen molar-refractivity contribution in [2.75, 3.05) is 18.1 Å². The molecule has 1 amide bonds. The number of carbonyl (C=O) groups excluding carboxylic acids is 1. The molecule has 0 saturated heterocycles. The zero-order valence-electron chi connectivity index (χ0n) is 9.81. The van der Waals surface area contributed by atoms with E-state index in [0.29, 0.717) is 14.9 Å². The molecule has 0 saturated carbocycles. The van der Waals surface area contributed by atoms with Crippen LogP contribution in [0, 0.1) is 0 Å². The first-order valence-corrected chi connectivity index (χ1v) is 8.39. The van der Waals surface area contributed by atoms with Crippen molar-refractivity contribution in [3.8, 4) is 0 Å². The van der Waals surface area contributed by atoms with Crippen LogP contribution < -0.4 is 5.32 Å². The van der Waals surface area contributed by atoms with E-state index in [9.17, 15) is 13.2 Å². The molecule has 0 aliphatic carbocycles. The van der Waals surface area contributed by atoms with Crippen LogP contribution in [0.4, 0.5) is 0 Å². The quantitative estimate of drug-likeness (QED) is 0.796. The topological polar surface area (TPSA) is 63.2 Å². The minimum Gasteiger partial charge on any atom is -0.351 e. The normalized spacial score (nSPS) is 11.3. The number of sulfone groups is 1. The molecule has 0 spiro atoms. The van der Waals surface area contributed by atoms with Gasteiger partial charge >= 0.3 is 0 Å². The van der Waals surface area contributed by atoms with E-state index in [0.717, 1.165) is 0 Å². The van der Waals surface area contributed by atoms with Gasteiger partial charge in [0.2, 0.25) is 0 Å². The summed E-state index contributed by atoms with van der Waals surface area (Å²) in [5.74, 6) is -0.282. The number of rotatable bonds is 5. The lowest BCUT2D eigenvalue weighted by atomic mass is 10.2. The van der Waals surface area contributed by atoms with Gasteiger partial charge in [0.05, 0.1) is 11.3 Å². The molecule has 0 heterocycles. The van der Waals surface area contributed by atoms with Gasteiger partial charge in [0.15, 0.2) is 9.84 Å². The molecule has 0 aliphatic heterocycles. The third-order valence-electron chi connectivity index (χ3n) is 2.33. The fourth-order valence-corrected chi connectivity index (χ4v) is 2.58. The van der Waals surface area contributed by atoms with E-state index in [-0.39, 0.29) is 24.0 Å². The van der Waals surface area contributed by atoms with Gasteiger partial charge in [0.1, 0.15) is 0 Å². The predicted octanol–water partition coefficient (Wildman–Crippen LogP) is 1.90. The molecule has 7 heteroatoms. The van der Waals surface area contributed by atoms with Gasteiger partial charge in [0.25, 0.3) is 5.91 Å². The molecule has 0 aliphatic rings. The maximum absolute atomic E-state index is 11.8. The largest absolute Gasteiger partial charge is 0.351 e. The van der Waals surface area contributed by atoms with Crippen molar-refractivity contribution >= 4 is 44.3 Å². The Morgan fingerprint density at radius 3 is 2.72 bits per heavy atom. The Morgan fingerprint density at radius 2 is 2.11 bits per heavy atom. The Labute approximate surface area is 121 Å². The zero-order valence-corrected chi connectivity index (χ0v) is 13.1. The Kier molecular flexibility index (Phi) is 5.68. The number of nitrogens with one attached hydrogen (secondary N) is 1. The van der Waals surface area contributed by atoms with Crippen molar-refractivity contribution in [2.45, 2.75) is 11.8 Å². The number of carbonyl (C=O) groups is 1. The third kappa shape index (κ3) is 4.62. The van der Waals surface area contributed by atoms with E-state index < -0.39 is 9.84 Å². The van der Waals surface area contributed by atoms with Gasteiger partial charge in [-0.2, -0.15) is 0 Å². The first-order chi connectivity index (χ1) is 8.35. The fraction of sp³-hybridized carbons (Fsp3) is 0.364. The smallest absolute Gasteiger partial charge is 0.252 e. The van der Waals surface area contributed by atoms with Crippen LogP contribution in [0.2, 0.25) is 0 Å². The molecular formula is C11H14BrNO3S2. The maximum Gasteiger partial charge on any atom is 0.252 e. The van der Waals surface area contributed by atoms with E-state index in [2.05, 4.69) is 33.9 Å². The molecule has 1 aromatic rings. The summed E-state index contributed by atoms with van der Waals surface area (Å²) in [5, 5.41) is 2.58. The zero-order chi connectivity index (χ0) is 13.8. The molecule has 0 fully saturated rings. The molecule has 18 heavy (non-hydrogen) atoms. The number of amides is 1. The molecule has 0 aromatic heterocycles. The second-order valence-electron chi connectivity index (χ2n) is 3.66. The molecule has 0 radical (unpaired) electrons. The summed E-state index contributed by atoms with van der Waals surface area (Å²) in [5.41, 5.74) is 0.441. The van der Waals surface area contributed by atoms with E-state index in [1.54, 1.807) is 25.1 Å². The highest BCUT2D eigenvalue weighted by Gasteiger charge is 2.12. The van der Waals surface area contributed by atoms with Gasteiger partial charge in [0, 0.05) is 21.7 Å². The Hall–Kier alpha value is -0.530. The molecule has 0 unspecified atom stereocenters. The Bertz CT molecular complexity index is 543. The van der Waals surface area contributed by atoms with Gasteiger partial charge in [-0.05, 0) is 34.1 Å². The van der Waals surface area contributed by atoms with Crippen LogP contribution in [0.25, 0.3) is 0 Å². The summed E-state index contributed by atoms with van der Waals surface area (Å²) in [7, 11) is -3.06. The van der Waals surface area contributed by atoms with E-state index in [1.807, 2.05) is 0 Å². The second-order valence-corrected chi connectivity index (χ2v) is 7.50. The van der Waals surface area contributed by atoms with Crippen molar-refractivity contribution in [3.63, 3.8) is 0 Å². The van der Waals surface area contributed by atoms with Gasteiger partial charge in [-0.3, -0.25) is 4.79 Å². The lowest BCUT2D eigenvalue weighted by molar-refractivity contribution is 0.0955. The van der Waals surface area contributed by atoms with Gasteiger partial charge in [-0.1, -0.05) is 6.92 Å². The van der Waals surface area contributed by atoms with Crippen molar-refractivity contribution in [3.05, 3.63) is 28.2 Å². The highest BCUT2D eigenvalue weighted by molar-refractivity contribution is 9.10. The average molecular weight is 352 g/mol. The van der Waals surface area contributed by atoms with Crippen LogP contribution in [-0.2, 0) is 9.84 Å². The molecule has 1 aromatic carbocycles. The number of halogens is 1. The minimum absolute atomic E-state index is 0.0482.